The molecule has 2 nitrogen and oxygen atoms in total. The zero-order chi connectivity index (χ0) is 13.3. The number of para-hydroxylation sites is 1. The standard InChI is InChI=1S/C14H20BrFN2/c1-4-10-8-17-14(2,3)9-18(10)13-11(15)6-5-7-12(13)16/h5-7,10,17H,4,8-9H2,1-3H3. The predicted octanol–water partition coefficient (Wildman–Crippen LogP) is 3.56. The van der Waals surface area contributed by atoms with Gasteiger partial charge in [0, 0.05) is 29.1 Å². The van der Waals surface area contributed by atoms with Crippen LogP contribution in [0.2, 0.25) is 0 Å². The minimum absolute atomic E-state index is 0.00733. The van der Waals surface area contributed by atoms with E-state index in [-0.39, 0.29) is 11.4 Å². The van der Waals surface area contributed by atoms with Gasteiger partial charge in [0.25, 0.3) is 0 Å². The summed E-state index contributed by atoms with van der Waals surface area (Å²) in [7, 11) is 0. The lowest BCUT2D eigenvalue weighted by atomic mass is 9.97. The SMILES string of the molecule is CCC1CNC(C)(C)CN1c1c(F)cccc1Br. The fourth-order valence-corrected chi connectivity index (χ4v) is 3.07. The van der Waals surface area contributed by atoms with Crippen molar-refractivity contribution in [1.29, 1.82) is 0 Å². The number of halogens is 2. The minimum atomic E-state index is -0.152. The van der Waals surface area contributed by atoms with E-state index in [9.17, 15) is 4.39 Å². The van der Waals surface area contributed by atoms with E-state index in [0.717, 1.165) is 24.0 Å². The predicted molar refractivity (Wildman–Crippen MR) is 77.6 cm³/mol. The van der Waals surface area contributed by atoms with Crippen molar-refractivity contribution in [2.45, 2.75) is 38.8 Å². The van der Waals surface area contributed by atoms with Crippen molar-refractivity contribution in [3.63, 3.8) is 0 Å². The van der Waals surface area contributed by atoms with E-state index in [0.29, 0.717) is 11.7 Å². The third kappa shape index (κ3) is 2.69. The van der Waals surface area contributed by atoms with Crippen LogP contribution < -0.4 is 10.2 Å². The van der Waals surface area contributed by atoms with Crippen LogP contribution in [0.25, 0.3) is 0 Å². The molecule has 0 aliphatic carbocycles. The van der Waals surface area contributed by atoms with E-state index in [4.69, 9.17) is 0 Å². The quantitative estimate of drug-likeness (QED) is 0.898. The summed E-state index contributed by atoms with van der Waals surface area (Å²) in [6.45, 7) is 8.16. The number of anilines is 1. The van der Waals surface area contributed by atoms with E-state index >= 15 is 0 Å². The third-order valence-electron chi connectivity index (χ3n) is 3.52. The van der Waals surface area contributed by atoms with Gasteiger partial charge in [0.2, 0.25) is 0 Å². The Kier molecular flexibility index (Phi) is 3.97. The van der Waals surface area contributed by atoms with Crippen LogP contribution in [0.4, 0.5) is 10.1 Å². The Morgan fingerprint density at radius 2 is 2.22 bits per heavy atom. The summed E-state index contributed by atoms with van der Waals surface area (Å²) in [6.07, 6.45) is 1.00. The van der Waals surface area contributed by atoms with Gasteiger partial charge in [-0.2, -0.15) is 0 Å². The first-order valence-corrected chi connectivity index (χ1v) is 7.19. The number of nitrogens with zero attached hydrogens (tertiary/aromatic N) is 1. The summed E-state index contributed by atoms with van der Waals surface area (Å²) >= 11 is 3.47. The number of hydrogen-bond donors (Lipinski definition) is 1. The minimum Gasteiger partial charge on any atom is -0.362 e. The second kappa shape index (κ2) is 5.17. The fourth-order valence-electron chi connectivity index (χ4n) is 2.50. The van der Waals surface area contributed by atoms with Gasteiger partial charge in [-0.25, -0.2) is 4.39 Å². The summed E-state index contributed by atoms with van der Waals surface area (Å²) in [6, 6.07) is 5.50. The normalized spacial score (nSPS) is 23.2. The number of rotatable bonds is 2. The molecule has 18 heavy (non-hydrogen) atoms. The molecule has 1 aliphatic rings. The van der Waals surface area contributed by atoms with Gasteiger partial charge < -0.3 is 10.2 Å². The van der Waals surface area contributed by atoms with E-state index < -0.39 is 0 Å². The Balaban J connectivity index is 2.39. The molecular weight excluding hydrogens is 295 g/mol. The molecule has 1 N–H and O–H groups in total. The number of hydrogen-bond acceptors (Lipinski definition) is 2. The maximum atomic E-state index is 14.1. The van der Waals surface area contributed by atoms with Crippen LogP contribution >= 0.6 is 15.9 Å². The highest BCUT2D eigenvalue weighted by molar-refractivity contribution is 9.10. The van der Waals surface area contributed by atoms with Gasteiger partial charge in [0.1, 0.15) is 5.82 Å². The first kappa shape index (κ1) is 13.8. The maximum Gasteiger partial charge on any atom is 0.147 e. The molecular formula is C14H20BrFN2. The Labute approximate surface area is 117 Å². The molecule has 1 atom stereocenters. The molecule has 1 aromatic rings. The van der Waals surface area contributed by atoms with Gasteiger partial charge in [0.15, 0.2) is 0 Å². The number of piperazine rings is 1. The van der Waals surface area contributed by atoms with E-state index in [1.807, 2.05) is 6.07 Å². The molecule has 0 spiro atoms. The zero-order valence-electron chi connectivity index (χ0n) is 11.1. The highest BCUT2D eigenvalue weighted by Gasteiger charge is 2.33. The molecule has 1 aliphatic heterocycles. The van der Waals surface area contributed by atoms with E-state index in [2.05, 4.69) is 46.9 Å². The summed E-state index contributed by atoms with van der Waals surface area (Å²) in [5.74, 6) is -0.152. The van der Waals surface area contributed by atoms with Gasteiger partial charge in [0.05, 0.1) is 5.69 Å². The molecule has 4 heteroatoms. The van der Waals surface area contributed by atoms with Crippen molar-refractivity contribution in [3.05, 3.63) is 28.5 Å². The highest BCUT2D eigenvalue weighted by Crippen LogP contribution is 2.33. The first-order chi connectivity index (χ1) is 8.44. The third-order valence-corrected chi connectivity index (χ3v) is 4.16. The average Bonchev–Trinajstić information content (AvgIpc) is 2.28. The molecule has 0 bridgehead atoms. The Morgan fingerprint density at radius 1 is 1.50 bits per heavy atom. The zero-order valence-corrected chi connectivity index (χ0v) is 12.7. The number of benzene rings is 1. The second-order valence-corrected chi connectivity index (χ2v) is 6.38. The average molecular weight is 315 g/mol. The first-order valence-electron chi connectivity index (χ1n) is 6.40. The molecule has 0 aromatic heterocycles. The summed E-state index contributed by atoms with van der Waals surface area (Å²) in [5.41, 5.74) is 0.701. The Bertz CT molecular complexity index is 414. The van der Waals surface area contributed by atoms with Crippen LogP contribution in [-0.4, -0.2) is 24.7 Å². The summed E-state index contributed by atoms with van der Waals surface area (Å²) < 4.78 is 14.9. The molecule has 2 rings (SSSR count). The lowest BCUT2D eigenvalue weighted by molar-refractivity contribution is 0.304. The lowest BCUT2D eigenvalue weighted by Gasteiger charge is -2.46. The van der Waals surface area contributed by atoms with Gasteiger partial charge >= 0.3 is 0 Å². The molecule has 1 heterocycles. The van der Waals surface area contributed by atoms with Crippen LogP contribution in [-0.2, 0) is 0 Å². The molecule has 100 valence electrons. The van der Waals surface area contributed by atoms with Crippen molar-refractivity contribution in [3.8, 4) is 0 Å². The van der Waals surface area contributed by atoms with Gasteiger partial charge in [-0.15, -0.1) is 0 Å². The lowest BCUT2D eigenvalue weighted by Crippen LogP contribution is -2.61. The van der Waals surface area contributed by atoms with E-state index in [1.54, 1.807) is 6.07 Å². The van der Waals surface area contributed by atoms with Crippen LogP contribution in [0.5, 0.6) is 0 Å². The highest BCUT2D eigenvalue weighted by atomic mass is 79.9. The van der Waals surface area contributed by atoms with Crippen LogP contribution in [0, 0.1) is 5.82 Å². The molecule has 0 saturated carbocycles. The second-order valence-electron chi connectivity index (χ2n) is 5.53. The monoisotopic (exact) mass is 314 g/mol. The van der Waals surface area contributed by atoms with E-state index in [1.165, 1.54) is 6.07 Å². The molecule has 0 amide bonds. The van der Waals surface area contributed by atoms with Crippen molar-refractivity contribution in [2.75, 3.05) is 18.0 Å². The molecule has 1 fully saturated rings. The largest absolute Gasteiger partial charge is 0.362 e. The molecule has 1 unspecified atom stereocenters. The van der Waals surface area contributed by atoms with Crippen molar-refractivity contribution < 1.29 is 4.39 Å². The van der Waals surface area contributed by atoms with Crippen LogP contribution in [0.3, 0.4) is 0 Å². The molecule has 0 radical (unpaired) electrons. The van der Waals surface area contributed by atoms with Crippen molar-refractivity contribution in [2.24, 2.45) is 0 Å². The summed E-state index contributed by atoms with van der Waals surface area (Å²) in [4.78, 5) is 2.19. The topological polar surface area (TPSA) is 15.3 Å². The molecule has 1 saturated heterocycles. The molecule has 1 aromatic carbocycles. The smallest absolute Gasteiger partial charge is 0.147 e. The maximum absolute atomic E-state index is 14.1. The fraction of sp³-hybridized carbons (Fsp3) is 0.571. The van der Waals surface area contributed by atoms with Gasteiger partial charge in [-0.3, -0.25) is 0 Å². The van der Waals surface area contributed by atoms with Crippen LogP contribution in [0.1, 0.15) is 27.2 Å². The van der Waals surface area contributed by atoms with Crippen molar-refractivity contribution in [1.82, 2.24) is 5.32 Å². The van der Waals surface area contributed by atoms with Crippen LogP contribution in [0.15, 0.2) is 22.7 Å². The number of nitrogens with one attached hydrogen (secondary N) is 1. The van der Waals surface area contributed by atoms with Gasteiger partial charge in [-0.05, 0) is 48.3 Å². The van der Waals surface area contributed by atoms with Gasteiger partial charge in [-0.1, -0.05) is 13.0 Å². The summed E-state index contributed by atoms with van der Waals surface area (Å²) in [5, 5.41) is 3.52. The van der Waals surface area contributed by atoms with Crippen molar-refractivity contribution >= 4 is 21.6 Å². The Morgan fingerprint density at radius 3 is 2.83 bits per heavy atom. The Hall–Kier alpha value is -0.610.